The molecule has 1 aromatic carbocycles. The van der Waals surface area contributed by atoms with E-state index in [9.17, 15) is 13.2 Å². The smallest absolute Gasteiger partial charge is 0.254 e. The molecule has 1 atom stereocenters. The van der Waals surface area contributed by atoms with Gasteiger partial charge in [0.2, 0.25) is 5.95 Å². The number of nitrogens with one attached hydrogen (secondary N) is 2. The molecule has 0 spiro atoms. The third-order valence-electron chi connectivity index (χ3n) is 4.24. The number of rotatable bonds is 4. The molecular formula is C17H20N4O3S. The number of sulfone groups is 1. The van der Waals surface area contributed by atoms with E-state index in [-0.39, 0.29) is 23.5 Å². The summed E-state index contributed by atoms with van der Waals surface area (Å²) in [5.74, 6) is 0.141. The number of hydrogen-bond acceptors (Lipinski definition) is 6. The maximum Gasteiger partial charge on any atom is 0.254 e. The molecule has 1 aliphatic heterocycles. The molecule has 1 unspecified atom stereocenters. The standard InChI is InChI=1S/C17H20N4O3S/c1-11-3-4-14(7-12(11)2)21-17-18-8-13(9-19-17)16(22)20-15-5-6-25(23,24)10-15/h3-4,7-9,15H,5-6,10H2,1-2H3,(H,20,22)(H,18,19,21). The summed E-state index contributed by atoms with van der Waals surface area (Å²) < 4.78 is 22.9. The van der Waals surface area contributed by atoms with Crippen LogP contribution >= 0.6 is 0 Å². The number of aromatic nitrogens is 2. The van der Waals surface area contributed by atoms with Crippen molar-refractivity contribution in [2.45, 2.75) is 26.3 Å². The van der Waals surface area contributed by atoms with Crippen molar-refractivity contribution in [3.8, 4) is 0 Å². The molecule has 1 fully saturated rings. The molecule has 3 rings (SSSR count). The fourth-order valence-electron chi connectivity index (χ4n) is 2.64. The molecule has 8 heteroatoms. The van der Waals surface area contributed by atoms with Crippen molar-refractivity contribution in [3.63, 3.8) is 0 Å². The number of benzene rings is 1. The van der Waals surface area contributed by atoms with Crippen LogP contribution in [0.3, 0.4) is 0 Å². The molecule has 0 bridgehead atoms. The minimum atomic E-state index is -3.03. The first-order chi connectivity index (χ1) is 11.8. The van der Waals surface area contributed by atoms with Crippen molar-refractivity contribution in [1.82, 2.24) is 15.3 Å². The molecule has 2 N–H and O–H groups in total. The molecule has 0 saturated carbocycles. The van der Waals surface area contributed by atoms with E-state index in [2.05, 4.69) is 20.6 Å². The van der Waals surface area contributed by atoms with Crippen molar-refractivity contribution in [3.05, 3.63) is 47.3 Å². The van der Waals surface area contributed by atoms with E-state index in [1.165, 1.54) is 18.0 Å². The van der Waals surface area contributed by atoms with Gasteiger partial charge in [-0.15, -0.1) is 0 Å². The highest BCUT2D eigenvalue weighted by atomic mass is 32.2. The Bertz CT molecular complexity index is 895. The summed E-state index contributed by atoms with van der Waals surface area (Å²) in [6.45, 7) is 4.07. The average Bonchev–Trinajstić information content (AvgIpc) is 2.90. The fraction of sp³-hybridized carbons (Fsp3) is 0.353. The van der Waals surface area contributed by atoms with Gasteiger partial charge in [-0.25, -0.2) is 18.4 Å². The van der Waals surface area contributed by atoms with Crippen molar-refractivity contribution in [1.29, 1.82) is 0 Å². The highest BCUT2D eigenvalue weighted by Crippen LogP contribution is 2.17. The summed E-state index contributed by atoms with van der Waals surface area (Å²) in [6, 6.07) is 5.60. The van der Waals surface area contributed by atoms with Crippen LogP contribution in [0.25, 0.3) is 0 Å². The molecule has 1 aliphatic rings. The normalized spacial score (nSPS) is 18.7. The zero-order valence-corrected chi connectivity index (χ0v) is 14.9. The van der Waals surface area contributed by atoms with Gasteiger partial charge in [0.25, 0.3) is 5.91 Å². The van der Waals surface area contributed by atoms with Gasteiger partial charge in [0.05, 0.1) is 17.1 Å². The van der Waals surface area contributed by atoms with Crippen LogP contribution in [0.2, 0.25) is 0 Å². The summed E-state index contributed by atoms with van der Waals surface area (Å²) in [5, 5.41) is 5.80. The minimum Gasteiger partial charge on any atom is -0.348 e. The number of aryl methyl sites for hydroxylation is 2. The number of carbonyl (C=O) groups excluding carboxylic acids is 1. The van der Waals surface area contributed by atoms with Gasteiger partial charge in [0, 0.05) is 24.1 Å². The van der Waals surface area contributed by atoms with E-state index in [0.29, 0.717) is 17.9 Å². The Hall–Kier alpha value is -2.48. The molecule has 0 radical (unpaired) electrons. The van der Waals surface area contributed by atoms with E-state index in [1.807, 2.05) is 32.0 Å². The van der Waals surface area contributed by atoms with Crippen LogP contribution in [-0.4, -0.2) is 41.8 Å². The Morgan fingerprint density at radius 3 is 2.48 bits per heavy atom. The number of nitrogens with zero attached hydrogens (tertiary/aromatic N) is 2. The highest BCUT2D eigenvalue weighted by Gasteiger charge is 2.29. The summed E-state index contributed by atoms with van der Waals surface area (Å²) >= 11 is 0. The number of anilines is 2. The third-order valence-corrected chi connectivity index (χ3v) is 6.01. The van der Waals surface area contributed by atoms with Gasteiger partial charge in [0.15, 0.2) is 9.84 Å². The number of amides is 1. The second-order valence-corrected chi connectivity index (χ2v) is 8.52. The molecule has 1 saturated heterocycles. The van der Waals surface area contributed by atoms with Gasteiger partial charge in [-0.05, 0) is 43.5 Å². The van der Waals surface area contributed by atoms with Gasteiger partial charge >= 0.3 is 0 Å². The van der Waals surface area contributed by atoms with Crippen molar-refractivity contribution >= 4 is 27.4 Å². The topological polar surface area (TPSA) is 101 Å². The van der Waals surface area contributed by atoms with Crippen LogP contribution in [-0.2, 0) is 9.84 Å². The average molecular weight is 360 g/mol. The number of carbonyl (C=O) groups is 1. The highest BCUT2D eigenvalue weighted by molar-refractivity contribution is 7.91. The van der Waals surface area contributed by atoms with Crippen LogP contribution in [0.5, 0.6) is 0 Å². The third kappa shape index (κ3) is 4.33. The lowest BCUT2D eigenvalue weighted by atomic mass is 10.1. The summed E-state index contributed by atoms with van der Waals surface area (Å²) in [4.78, 5) is 20.5. The maximum absolute atomic E-state index is 12.2. The first-order valence-corrected chi connectivity index (χ1v) is 9.82. The van der Waals surface area contributed by atoms with Gasteiger partial charge in [-0.1, -0.05) is 6.07 Å². The van der Waals surface area contributed by atoms with Crippen LogP contribution in [0.1, 0.15) is 27.9 Å². The summed E-state index contributed by atoms with van der Waals surface area (Å²) in [6.07, 6.45) is 3.30. The first kappa shape index (κ1) is 17.3. The molecular weight excluding hydrogens is 340 g/mol. The largest absolute Gasteiger partial charge is 0.348 e. The SMILES string of the molecule is Cc1ccc(Nc2ncc(C(=O)NC3CCS(=O)(=O)C3)cn2)cc1C. The zero-order valence-electron chi connectivity index (χ0n) is 14.1. The van der Waals surface area contributed by atoms with Crippen LogP contribution in [0, 0.1) is 13.8 Å². The monoisotopic (exact) mass is 360 g/mol. The Balaban J connectivity index is 1.63. The maximum atomic E-state index is 12.2. The van der Waals surface area contributed by atoms with Crippen molar-refractivity contribution in [2.75, 3.05) is 16.8 Å². The molecule has 7 nitrogen and oxygen atoms in total. The van der Waals surface area contributed by atoms with Crippen LogP contribution in [0.15, 0.2) is 30.6 Å². The molecule has 2 heterocycles. The first-order valence-electron chi connectivity index (χ1n) is 8.00. The molecule has 2 aromatic rings. The molecule has 0 aliphatic carbocycles. The van der Waals surface area contributed by atoms with Gasteiger partial charge in [-0.3, -0.25) is 4.79 Å². The molecule has 1 aromatic heterocycles. The quantitative estimate of drug-likeness (QED) is 0.861. The van der Waals surface area contributed by atoms with Gasteiger partial charge in [0.1, 0.15) is 0 Å². The lowest BCUT2D eigenvalue weighted by Gasteiger charge is -2.11. The Morgan fingerprint density at radius 2 is 1.88 bits per heavy atom. The van der Waals surface area contributed by atoms with Gasteiger partial charge in [-0.2, -0.15) is 0 Å². The zero-order chi connectivity index (χ0) is 18.0. The second-order valence-electron chi connectivity index (χ2n) is 6.29. The van der Waals surface area contributed by atoms with Gasteiger partial charge < -0.3 is 10.6 Å². The predicted octanol–water partition coefficient (Wildman–Crippen LogP) is 1.75. The fourth-order valence-corrected chi connectivity index (χ4v) is 4.31. The predicted molar refractivity (Wildman–Crippen MR) is 95.8 cm³/mol. The summed E-state index contributed by atoms with van der Waals surface area (Å²) in [5.41, 5.74) is 3.53. The van der Waals surface area contributed by atoms with E-state index in [0.717, 1.165) is 11.3 Å². The lowest BCUT2D eigenvalue weighted by Crippen LogP contribution is -2.35. The van der Waals surface area contributed by atoms with E-state index < -0.39 is 9.84 Å². The lowest BCUT2D eigenvalue weighted by molar-refractivity contribution is 0.0940. The van der Waals surface area contributed by atoms with Crippen molar-refractivity contribution < 1.29 is 13.2 Å². The van der Waals surface area contributed by atoms with Crippen molar-refractivity contribution in [2.24, 2.45) is 0 Å². The Labute approximate surface area is 146 Å². The molecule has 1 amide bonds. The minimum absolute atomic E-state index is 0.00793. The second kappa shape index (κ2) is 6.79. The van der Waals surface area contributed by atoms with E-state index in [1.54, 1.807) is 0 Å². The molecule has 25 heavy (non-hydrogen) atoms. The van der Waals surface area contributed by atoms with Crippen LogP contribution in [0.4, 0.5) is 11.6 Å². The Kier molecular flexibility index (Phi) is 4.71. The van der Waals surface area contributed by atoms with E-state index >= 15 is 0 Å². The molecule has 132 valence electrons. The van der Waals surface area contributed by atoms with E-state index in [4.69, 9.17) is 0 Å². The Morgan fingerprint density at radius 1 is 1.16 bits per heavy atom. The summed E-state index contributed by atoms with van der Waals surface area (Å²) in [7, 11) is -3.03. The van der Waals surface area contributed by atoms with Crippen LogP contribution < -0.4 is 10.6 Å². The number of hydrogen-bond donors (Lipinski definition) is 2.